The zero-order chi connectivity index (χ0) is 12.8. The Kier molecular flexibility index (Phi) is 4.93. The first-order valence-corrected chi connectivity index (χ1v) is 6.89. The molecular formula is C13H18ClN3O. The molecule has 0 bridgehead atoms. The van der Waals surface area contributed by atoms with Gasteiger partial charge in [0.25, 0.3) is 0 Å². The van der Waals surface area contributed by atoms with Gasteiger partial charge in [-0.25, -0.2) is 4.98 Å². The number of hydrogen-bond acceptors (Lipinski definition) is 3. The summed E-state index contributed by atoms with van der Waals surface area (Å²) in [6.07, 6.45) is 11.0. The first-order valence-electron chi connectivity index (χ1n) is 6.51. The fourth-order valence-corrected chi connectivity index (χ4v) is 2.57. The van der Waals surface area contributed by atoms with Crippen LogP contribution in [-0.2, 0) is 4.79 Å². The molecule has 1 aromatic heterocycles. The fraction of sp³-hybridized carbons (Fsp3) is 0.615. The van der Waals surface area contributed by atoms with Gasteiger partial charge in [-0.2, -0.15) is 0 Å². The highest BCUT2D eigenvalue weighted by molar-refractivity contribution is 6.29. The minimum atomic E-state index is 0.0125. The van der Waals surface area contributed by atoms with Gasteiger partial charge in [0.1, 0.15) is 5.15 Å². The van der Waals surface area contributed by atoms with Gasteiger partial charge < -0.3 is 5.32 Å². The van der Waals surface area contributed by atoms with Crippen molar-refractivity contribution in [2.24, 2.45) is 5.92 Å². The van der Waals surface area contributed by atoms with Crippen molar-refractivity contribution in [3.8, 4) is 0 Å². The van der Waals surface area contributed by atoms with Crippen LogP contribution >= 0.6 is 11.6 Å². The zero-order valence-corrected chi connectivity index (χ0v) is 11.1. The number of halogens is 1. The second-order valence-corrected chi connectivity index (χ2v) is 5.22. The second kappa shape index (κ2) is 6.69. The van der Waals surface area contributed by atoms with E-state index in [2.05, 4.69) is 15.3 Å². The monoisotopic (exact) mass is 267 g/mol. The molecule has 0 unspecified atom stereocenters. The molecule has 1 aliphatic rings. The summed E-state index contributed by atoms with van der Waals surface area (Å²) < 4.78 is 0. The van der Waals surface area contributed by atoms with E-state index in [0.717, 1.165) is 12.8 Å². The normalized spacial score (nSPS) is 17.2. The van der Waals surface area contributed by atoms with E-state index in [-0.39, 0.29) is 5.91 Å². The van der Waals surface area contributed by atoms with Gasteiger partial charge in [0.05, 0.1) is 12.4 Å². The fourth-order valence-electron chi connectivity index (χ4n) is 2.43. The van der Waals surface area contributed by atoms with Crippen molar-refractivity contribution >= 4 is 23.3 Å². The van der Waals surface area contributed by atoms with Crippen molar-refractivity contribution < 1.29 is 4.79 Å². The molecule has 1 fully saturated rings. The van der Waals surface area contributed by atoms with Gasteiger partial charge >= 0.3 is 0 Å². The number of rotatable bonds is 3. The van der Waals surface area contributed by atoms with E-state index in [1.165, 1.54) is 38.1 Å². The second-order valence-electron chi connectivity index (χ2n) is 4.84. The molecule has 1 N–H and O–H groups in total. The molecule has 0 saturated heterocycles. The van der Waals surface area contributed by atoms with E-state index in [0.29, 0.717) is 23.3 Å². The number of aromatic nitrogens is 2. The average molecular weight is 268 g/mol. The predicted octanol–water partition coefficient (Wildman–Crippen LogP) is 3.43. The molecule has 0 atom stereocenters. The first-order chi connectivity index (χ1) is 8.74. The summed E-state index contributed by atoms with van der Waals surface area (Å²) in [7, 11) is 0. The highest BCUT2D eigenvalue weighted by atomic mass is 35.5. The lowest BCUT2D eigenvalue weighted by Crippen LogP contribution is -2.17. The molecule has 1 aliphatic carbocycles. The van der Waals surface area contributed by atoms with Crippen LogP contribution in [0.5, 0.6) is 0 Å². The van der Waals surface area contributed by atoms with Crippen LogP contribution in [0.4, 0.5) is 5.82 Å². The third kappa shape index (κ3) is 4.26. The first kappa shape index (κ1) is 13.3. The molecule has 0 aromatic carbocycles. The van der Waals surface area contributed by atoms with Gasteiger partial charge in [0.2, 0.25) is 5.91 Å². The Balaban J connectivity index is 1.84. The maximum absolute atomic E-state index is 11.9. The van der Waals surface area contributed by atoms with E-state index < -0.39 is 0 Å². The van der Waals surface area contributed by atoms with Crippen LogP contribution in [0, 0.1) is 5.92 Å². The molecule has 1 aromatic rings. The summed E-state index contributed by atoms with van der Waals surface area (Å²) in [5.41, 5.74) is 0. The number of anilines is 1. The zero-order valence-electron chi connectivity index (χ0n) is 10.4. The Morgan fingerprint density at radius 1 is 1.28 bits per heavy atom. The lowest BCUT2D eigenvalue weighted by molar-refractivity contribution is -0.117. The molecule has 0 spiro atoms. The number of nitrogens with zero attached hydrogens (tertiary/aromatic N) is 2. The topological polar surface area (TPSA) is 54.9 Å². The average Bonchev–Trinajstić information content (AvgIpc) is 2.57. The lowest BCUT2D eigenvalue weighted by Gasteiger charge is -2.13. The molecule has 2 rings (SSSR count). The number of hydrogen-bond donors (Lipinski definition) is 1. The van der Waals surface area contributed by atoms with E-state index in [1.807, 2.05) is 0 Å². The molecule has 1 amide bonds. The summed E-state index contributed by atoms with van der Waals surface area (Å²) in [5.74, 6) is 0.958. The largest absolute Gasteiger partial charge is 0.309 e. The summed E-state index contributed by atoms with van der Waals surface area (Å²) in [5, 5.41) is 3.05. The molecule has 4 nitrogen and oxygen atoms in total. The molecule has 18 heavy (non-hydrogen) atoms. The van der Waals surface area contributed by atoms with Crippen molar-refractivity contribution in [3.05, 3.63) is 17.5 Å². The van der Waals surface area contributed by atoms with E-state index in [4.69, 9.17) is 11.6 Å². The summed E-state index contributed by atoms with van der Waals surface area (Å²) in [6, 6.07) is 0. The molecule has 98 valence electrons. The lowest BCUT2D eigenvalue weighted by atomic mass is 9.96. The smallest absolute Gasteiger partial charge is 0.225 e. The van der Waals surface area contributed by atoms with E-state index in [1.54, 1.807) is 0 Å². The summed E-state index contributed by atoms with van der Waals surface area (Å²) >= 11 is 5.72. The van der Waals surface area contributed by atoms with Gasteiger partial charge in [-0.15, -0.1) is 0 Å². The SMILES string of the molecule is O=C(CC1CCCCCC1)Nc1cncc(Cl)n1. The van der Waals surface area contributed by atoms with Gasteiger partial charge in [0, 0.05) is 6.42 Å². The van der Waals surface area contributed by atoms with Crippen molar-refractivity contribution in [3.63, 3.8) is 0 Å². The van der Waals surface area contributed by atoms with Crippen molar-refractivity contribution in [1.82, 2.24) is 9.97 Å². The quantitative estimate of drug-likeness (QED) is 0.854. The maximum atomic E-state index is 11.9. The Bertz CT molecular complexity index is 403. The van der Waals surface area contributed by atoms with Gasteiger partial charge in [-0.1, -0.05) is 37.3 Å². The minimum Gasteiger partial charge on any atom is -0.309 e. The molecule has 1 saturated carbocycles. The molecule has 1 heterocycles. The third-order valence-corrected chi connectivity index (χ3v) is 3.50. The highest BCUT2D eigenvalue weighted by Crippen LogP contribution is 2.25. The Morgan fingerprint density at radius 2 is 2.00 bits per heavy atom. The van der Waals surface area contributed by atoms with Crippen LogP contribution in [0.15, 0.2) is 12.4 Å². The Labute approximate surface area is 112 Å². The van der Waals surface area contributed by atoms with Crippen LogP contribution in [0.2, 0.25) is 5.15 Å². The van der Waals surface area contributed by atoms with Crippen LogP contribution in [0.1, 0.15) is 44.9 Å². The van der Waals surface area contributed by atoms with Gasteiger partial charge in [0.15, 0.2) is 5.82 Å². The van der Waals surface area contributed by atoms with Crippen LogP contribution < -0.4 is 5.32 Å². The van der Waals surface area contributed by atoms with Crippen molar-refractivity contribution in [2.45, 2.75) is 44.9 Å². The molecule has 0 aliphatic heterocycles. The Morgan fingerprint density at radius 3 is 2.67 bits per heavy atom. The Hall–Kier alpha value is -1.16. The maximum Gasteiger partial charge on any atom is 0.225 e. The predicted molar refractivity (Wildman–Crippen MR) is 71.5 cm³/mol. The molecule has 5 heteroatoms. The van der Waals surface area contributed by atoms with Crippen LogP contribution in [-0.4, -0.2) is 15.9 Å². The number of carbonyl (C=O) groups excluding carboxylic acids is 1. The van der Waals surface area contributed by atoms with Crippen molar-refractivity contribution in [1.29, 1.82) is 0 Å². The van der Waals surface area contributed by atoms with E-state index in [9.17, 15) is 4.79 Å². The van der Waals surface area contributed by atoms with E-state index >= 15 is 0 Å². The molecule has 0 radical (unpaired) electrons. The molecular weight excluding hydrogens is 250 g/mol. The van der Waals surface area contributed by atoms with Crippen molar-refractivity contribution in [2.75, 3.05) is 5.32 Å². The minimum absolute atomic E-state index is 0.0125. The standard InChI is InChI=1S/C13H18ClN3O/c14-11-8-15-9-12(16-11)17-13(18)7-10-5-3-1-2-4-6-10/h8-10H,1-7H2,(H,16,17,18). The van der Waals surface area contributed by atoms with Crippen LogP contribution in [0.3, 0.4) is 0 Å². The van der Waals surface area contributed by atoms with Gasteiger partial charge in [-0.3, -0.25) is 9.78 Å². The number of amides is 1. The third-order valence-electron chi connectivity index (χ3n) is 3.32. The number of carbonyl (C=O) groups is 1. The number of nitrogens with one attached hydrogen (secondary N) is 1. The van der Waals surface area contributed by atoms with Crippen LogP contribution in [0.25, 0.3) is 0 Å². The summed E-state index contributed by atoms with van der Waals surface area (Å²) in [4.78, 5) is 19.8. The summed E-state index contributed by atoms with van der Waals surface area (Å²) in [6.45, 7) is 0. The van der Waals surface area contributed by atoms with Gasteiger partial charge in [-0.05, 0) is 18.8 Å². The highest BCUT2D eigenvalue weighted by Gasteiger charge is 2.16.